The fraction of sp³-hybridized carbons (Fsp3) is 0.571. The molecule has 1 aliphatic heterocycles. The van der Waals surface area contributed by atoms with Crippen molar-refractivity contribution >= 4 is 11.8 Å². The smallest absolute Gasteiger partial charge is 0.0507 e. The van der Waals surface area contributed by atoms with Gasteiger partial charge in [0.15, 0.2) is 0 Å². The summed E-state index contributed by atoms with van der Waals surface area (Å²) in [6, 6.07) is 8.58. The zero-order valence-electron chi connectivity index (χ0n) is 10.4. The molecule has 0 radical (unpaired) electrons. The molecule has 1 saturated heterocycles. The van der Waals surface area contributed by atoms with Gasteiger partial charge in [-0.05, 0) is 30.9 Å². The Bertz CT molecular complexity index is 337. The van der Waals surface area contributed by atoms with Crippen LogP contribution in [-0.4, -0.2) is 32.1 Å². The van der Waals surface area contributed by atoms with Gasteiger partial charge in [0.1, 0.15) is 0 Å². The molecule has 94 valence electrons. The molecule has 1 heterocycles. The maximum Gasteiger partial charge on any atom is 0.0507 e. The Kier molecular flexibility index (Phi) is 5.36. The molecule has 17 heavy (non-hydrogen) atoms. The summed E-state index contributed by atoms with van der Waals surface area (Å²) in [5.74, 6) is 1.87. The molecule has 2 rings (SSSR count). The molecule has 2 nitrogen and oxygen atoms in total. The van der Waals surface area contributed by atoms with Crippen molar-refractivity contribution in [2.45, 2.75) is 18.2 Å². The fourth-order valence-corrected chi connectivity index (χ4v) is 2.94. The molecule has 1 fully saturated rings. The standard InChI is InChI=1S/C14H21NOS/c1-12-4-2-3-5-14(12)17-9-7-15-10-13-6-8-16-11-13/h2-5,13,15H,6-11H2,1H3. The van der Waals surface area contributed by atoms with Gasteiger partial charge in [-0.2, -0.15) is 0 Å². The highest BCUT2D eigenvalue weighted by Gasteiger charge is 2.14. The highest BCUT2D eigenvalue weighted by atomic mass is 32.2. The van der Waals surface area contributed by atoms with Gasteiger partial charge in [0.2, 0.25) is 0 Å². The van der Waals surface area contributed by atoms with Crippen LogP contribution in [0, 0.1) is 12.8 Å². The van der Waals surface area contributed by atoms with Crippen LogP contribution in [0.2, 0.25) is 0 Å². The summed E-state index contributed by atoms with van der Waals surface area (Å²) in [6.07, 6.45) is 1.22. The molecule has 1 aliphatic rings. The highest BCUT2D eigenvalue weighted by Crippen LogP contribution is 2.21. The van der Waals surface area contributed by atoms with Gasteiger partial charge in [0.25, 0.3) is 0 Å². The summed E-state index contributed by atoms with van der Waals surface area (Å²) < 4.78 is 5.35. The number of ether oxygens (including phenoxy) is 1. The summed E-state index contributed by atoms with van der Waals surface area (Å²) in [4.78, 5) is 1.40. The van der Waals surface area contributed by atoms with Crippen molar-refractivity contribution in [2.75, 3.05) is 32.1 Å². The third-order valence-electron chi connectivity index (χ3n) is 3.09. The zero-order chi connectivity index (χ0) is 11.9. The van der Waals surface area contributed by atoms with E-state index in [2.05, 4.69) is 36.5 Å². The summed E-state index contributed by atoms with van der Waals surface area (Å²) in [7, 11) is 0. The number of hydrogen-bond donors (Lipinski definition) is 1. The van der Waals surface area contributed by atoms with Crippen molar-refractivity contribution in [2.24, 2.45) is 5.92 Å². The third-order valence-corrected chi connectivity index (χ3v) is 4.26. The molecule has 1 aromatic carbocycles. The lowest BCUT2D eigenvalue weighted by Crippen LogP contribution is -2.25. The largest absolute Gasteiger partial charge is 0.381 e. The lowest BCUT2D eigenvalue weighted by Gasteiger charge is -2.09. The first kappa shape index (κ1) is 12.9. The average molecular weight is 251 g/mol. The van der Waals surface area contributed by atoms with Gasteiger partial charge < -0.3 is 10.1 Å². The summed E-state index contributed by atoms with van der Waals surface area (Å²) in [5, 5.41) is 3.52. The molecule has 0 amide bonds. The molecule has 3 heteroatoms. The Hall–Kier alpha value is -0.510. The van der Waals surface area contributed by atoms with Crippen LogP contribution in [0.4, 0.5) is 0 Å². The summed E-state index contributed by atoms with van der Waals surface area (Å²) in [6.45, 7) is 6.25. The van der Waals surface area contributed by atoms with E-state index < -0.39 is 0 Å². The quantitative estimate of drug-likeness (QED) is 0.620. The van der Waals surface area contributed by atoms with E-state index in [0.29, 0.717) is 0 Å². The molecular weight excluding hydrogens is 230 g/mol. The fourth-order valence-electron chi connectivity index (χ4n) is 2.00. The monoisotopic (exact) mass is 251 g/mol. The molecule has 1 N–H and O–H groups in total. The molecule has 0 aromatic heterocycles. The predicted molar refractivity (Wildman–Crippen MR) is 73.7 cm³/mol. The molecule has 0 bridgehead atoms. The van der Waals surface area contributed by atoms with Crippen LogP contribution >= 0.6 is 11.8 Å². The topological polar surface area (TPSA) is 21.3 Å². The minimum atomic E-state index is 0.735. The van der Waals surface area contributed by atoms with Crippen LogP contribution in [0.25, 0.3) is 0 Å². The number of hydrogen-bond acceptors (Lipinski definition) is 3. The minimum Gasteiger partial charge on any atom is -0.381 e. The Morgan fingerprint density at radius 3 is 3.06 bits per heavy atom. The first-order chi connectivity index (χ1) is 8.36. The Labute approximate surface area is 108 Å². The predicted octanol–water partition coefficient (Wildman–Crippen LogP) is 2.71. The molecule has 1 unspecified atom stereocenters. The van der Waals surface area contributed by atoms with Crippen molar-refractivity contribution in [3.05, 3.63) is 29.8 Å². The number of benzene rings is 1. The Balaban J connectivity index is 1.58. The second kappa shape index (κ2) is 7.04. The van der Waals surface area contributed by atoms with Gasteiger partial charge >= 0.3 is 0 Å². The van der Waals surface area contributed by atoms with Crippen LogP contribution in [0.15, 0.2) is 29.2 Å². The summed E-state index contributed by atoms with van der Waals surface area (Å²) >= 11 is 1.94. The number of rotatable bonds is 6. The second-order valence-corrected chi connectivity index (χ2v) is 5.68. The van der Waals surface area contributed by atoms with Crippen molar-refractivity contribution in [3.63, 3.8) is 0 Å². The maximum atomic E-state index is 5.35. The molecular formula is C14H21NOS. The van der Waals surface area contributed by atoms with Crippen LogP contribution in [-0.2, 0) is 4.74 Å². The molecule has 0 saturated carbocycles. The second-order valence-electron chi connectivity index (χ2n) is 4.55. The third kappa shape index (κ3) is 4.34. The van der Waals surface area contributed by atoms with Gasteiger partial charge in [-0.15, -0.1) is 11.8 Å². The van der Waals surface area contributed by atoms with E-state index in [9.17, 15) is 0 Å². The van der Waals surface area contributed by atoms with Crippen LogP contribution in [0.3, 0.4) is 0 Å². The van der Waals surface area contributed by atoms with E-state index in [1.54, 1.807) is 0 Å². The van der Waals surface area contributed by atoms with Gasteiger partial charge in [-0.3, -0.25) is 0 Å². The number of aryl methyl sites for hydroxylation is 1. The van der Waals surface area contributed by atoms with E-state index in [4.69, 9.17) is 4.74 Å². The van der Waals surface area contributed by atoms with Crippen molar-refractivity contribution in [3.8, 4) is 0 Å². The van der Waals surface area contributed by atoms with Gasteiger partial charge in [-0.1, -0.05) is 18.2 Å². The molecule has 0 aliphatic carbocycles. The first-order valence-corrected chi connectivity index (χ1v) is 7.31. The van der Waals surface area contributed by atoms with Crippen molar-refractivity contribution in [1.82, 2.24) is 5.32 Å². The van der Waals surface area contributed by atoms with E-state index >= 15 is 0 Å². The Morgan fingerprint density at radius 2 is 2.29 bits per heavy atom. The average Bonchev–Trinajstić information content (AvgIpc) is 2.84. The van der Waals surface area contributed by atoms with Gasteiger partial charge in [0, 0.05) is 30.3 Å². The first-order valence-electron chi connectivity index (χ1n) is 6.33. The maximum absolute atomic E-state index is 5.35. The zero-order valence-corrected chi connectivity index (χ0v) is 11.3. The highest BCUT2D eigenvalue weighted by molar-refractivity contribution is 7.99. The molecule has 0 spiro atoms. The van der Waals surface area contributed by atoms with Crippen LogP contribution < -0.4 is 5.32 Å². The number of nitrogens with one attached hydrogen (secondary N) is 1. The van der Waals surface area contributed by atoms with Crippen molar-refractivity contribution in [1.29, 1.82) is 0 Å². The van der Waals surface area contributed by atoms with E-state index in [-0.39, 0.29) is 0 Å². The molecule has 1 aromatic rings. The van der Waals surface area contributed by atoms with Crippen LogP contribution in [0.1, 0.15) is 12.0 Å². The van der Waals surface area contributed by atoms with Gasteiger partial charge in [0.05, 0.1) is 6.61 Å². The molecule has 1 atom stereocenters. The minimum absolute atomic E-state index is 0.735. The lowest BCUT2D eigenvalue weighted by molar-refractivity contribution is 0.185. The van der Waals surface area contributed by atoms with E-state index in [1.165, 1.54) is 16.9 Å². The van der Waals surface area contributed by atoms with Crippen LogP contribution in [0.5, 0.6) is 0 Å². The van der Waals surface area contributed by atoms with Gasteiger partial charge in [-0.25, -0.2) is 0 Å². The SMILES string of the molecule is Cc1ccccc1SCCNCC1CCOC1. The summed E-state index contributed by atoms with van der Waals surface area (Å²) in [5.41, 5.74) is 1.38. The van der Waals surface area contributed by atoms with Crippen molar-refractivity contribution < 1.29 is 4.74 Å². The Morgan fingerprint density at radius 1 is 1.41 bits per heavy atom. The number of thioether (sulfide) groups is 1. The van der Waals surface area contributed by atoms with E-state index in [0.717, 1.165) is 38.0 Å². The lowest BCUT2D eigenvalue weighted by atomic mass is 10.1. The normalized spacial score (nSPS) is 19.7. The van der Waals surface area contributed by atoms with E-state index in [1.807, 2.05) is 11.8 Å².